The van der Waals surface area contributed by atoms with Crippen LogP contribution < -0.4 is 4.74 Å². The third-order valence-electron chi connectivity index (χ3n) is 4.44. The number of aromatic nitrogens is 3. The number of carbonyl (C=O) groups excluding carboxylic acids is 1. The van der Waals surface area contributed by atoms with Crippen LogP contribution in [0.1, 0.15) is 47.8 Å². The van der Waals surface area contributed by atoms with Gasteiger partial charge in [0.05, 0.1) is 11.8 Å². The first kappa shape index (κ1) is 14.9. The molecule has 0 saturated heterocycles. The summed E-state index contributed by atoms with van der Waals surface area (Å²) >= 11 is 0. The highest BCUT2D eigenvalue weighted by Crippen LogP contribution is 2.26. The summed E-state index contributed by atoms with van der Waals surface area (Å²) in [6.07, 6.45) is 6.63. The summed E-state index contributed by atoms with van der Waals surface area (Å²) in [6.45, 7) is 4.09. The zero-order valence-electron chi connectivity index (χ0n) is 13.8. The maximum Gasteiger partial charge on any atom is 0.345 e. The van der Waals surface area contributed by atoms with Gasteiger partial charge in [-0.15, -0.1) is 0 Å². The Balaban J connectivity index is 1.59. The number of carbonyl (C=O) groups is 1. The lowest BCUT2D eigenvalue weighted by atomic mass is 10.1. The molecule has 0 bridgehead atoms. The molecular weight excluding hydrogens is 302 g/mol. The van der Waals surface area contributed by atoms with Gasteiger partial charge in [-0.05, 0) is 62.4 Å². The third-order valence-corrected chi connectivity index (χ3v) is 4.44. The highest BCUT2D eigenvalue weighted by molar-refractivity contribution is 5.94. The predicted octanol–water partition coefficient (Wildman–Crippen LogP) is 3.72. The largest absolute Gasteiger partial charge is 0.423 e. The minimum Gasteiger partial charge on any atom is -0.423 e. The molecule has 5 nitrogen and oxygen atoms in total. The number of pyridine rings is 1. The summed E-state index contributed by atoms with van der Waals surface area (Å²) in [7, 11) is 0. The monoisotopic (exact) mass is 321 g/mol. The summed E-state index contributed by atoms with van der Waals surface area (Å²) in [5.74, 6) is 0.207. The summed E-state index contributed by atoms with van der Waals surface area (Å²) in [4.78, 5) is 16.8. The fraction of sp³-hybridized carbons (Fsp3) is 0.316. The van der Waals surface area contributed by atoms with Crippen LogP contribution >= 0.6 is 0 Å². The molecule has 1 aromatic carbocycles. The third kappa shape index (κ3) is 2.56. The minimum absolute atomic E-state index is 0.221. The van der Waals surface area contributed by atoms with Gasteiger partial charge in [0, 0.05) is 17.6 Å². The average Bonchev–Trinajstić information content (AvgIpc) is 3.20. The molecule has 0 saturated carbocycles. The van der Waals surface area contributed by atoms with Crippen molar-refractivity contribution in [1.82, 2.24) is 14.8 Å². The number of ether oxygens (including phenoxy) is 1. The summed E-state index contributed by atoms with van der Waals surface area (Å²) in [6, 6.07) is 7.90. The molecule has 122 valence electrons. The highest BCUT2D eigenvalue weighted by atomic mass is 16.5. The first-order valence-electron chi connectivity index (χ1n) is 8.29. The van der Waals surface area contributed by atoms with E-state index in [0.717, 1.165) is 23.9 Å². The molecular formula is C19H19N3O2. The lowest BCUT2D eigenvalue weighted by Crippen LogP contribution is -2.09. The van der Waals surface area contributed by atoms with Crippen LogP contribution in [0.2, 0.25) is 0 Å². The van der Waals surface area contributed by atoms with Crippen LogP contribution in [0.15, 0.2) is 36.7 Å². The van der Waals surface area contributed by atoms with Crippen molar-refractivity contribution < 1.29 is 9.53 Å². The van der Waals surface area contributed by atoms with Gasteiger partial charge in [0.15, 0.2) is 5.65 Å². The Labute approximate surface area is 140 Å². The molecule has 0 N–H and O–H groups in total. The van der Waals surface area contributed by atoms with Gasteiger partial charge in [-0.1, -0.05) is 6.07 Å². The van der Waals surface area contributed by atoms with Gasteiger partial charge in [-0.25, -0.2) is 14.5 Å². The molecule has 0 atom stereocenters. The van der Waals surface area contributed by atoms with Crippen molar-refractivity contribution in [1.29, 1.82) is 0 Å². The number of esters is 1. The molecule has 0 spiro atoms. The molecule has 24 heavy (non-hydrogen) atoms. The Morgan fingerprint density at radius 1 is 1.17 bits per heavy atom. The summed E-state index contributed by atoms with van der Waals surface area (Å²) in [5.41, 5.74) is 3.86. The van der Waals surface area contributed by atoms with Crippen molar-refractivity contribution in [3.05, 3.63) is 53.3 Å². The summed E-state index contributed by atoms with van der Waals surface area (Å²) < 4.78 is 7.36. The second kappa shape index (κ2) is 5.74. The molecule has 0 amide bonds. The van der Waals surface area contributed by atoms with Crippen molar-refractivity contribution in [2.75, 3.05) is 0 Å². The van der Waals surface area contributed by atoms with E-state index in [1.54, 1.807) is 18.5 Å². The van der Waals surface area contributed by atoms with Gasteiger partial charge in [0.2, 0.25) is 0 Å². The number of nitrogens with zero attached hydrogens (tertiary/aromatic N) is 3. The quantitative estimate of drug-likeness (QED) is 0.545. The zero-order valence-corrected chi connectivity index (χ0v) is 13.8. The van der Waals surface area contributed by atoms with E-state index in [9.17, 15) is 4.79 Å². The Bertz CT molecular complexity index is 928. The standard InChI is InChI=1S/C19H19N3O2/c1-12(2)22-18-15(11-21-22)8-16(10-20-18)19(23)24-17-7-6-13-4-3-5-14(13)9-17/h6-12H,3-5H2,1-2H3. The van der Waals surface area contributed by atoms with Gasteiger partial charge >= 0.3 is 5.97 Å². The zero-order chi connectivity index (χ0) is 16.7. The van der Waals surface area contributed by atoms with E-state index in [0.29, 0.717) is 11.3 Å². The Hall–Kier alpha value is -2.69. The lowest BCUT2D eigenvalue weighted by Gasteiger charge is -2.08. The van der Waals surface area contributed by atoms with E-state index in [1.807, 2.05) is 30.7 Å². The maximum absolute atomic E-state index is 12.4. The van der Waals surface area contributed by atoms with E-state index in [2.05, 4.69) is 16.1 Å². The minimum atomic E-state index is -0.389. The SMILES string of the molecule is CC(C)n1ncc2cc(C(=O)Oc3ccc4c(c3)CCC4)cnc21. The van der Waals surface area contributed by atoms with Crippen molar-refractivity contribution >= 4 is 17.0 Å². The molecule has 0 aliphatic heterocycles. The van der Waals surface area contributed by atoms with E-state index < -0.39 is 0 Å². The van der Waals surface area contributed by atoms with Crippen molar-refractivity contribution in [2.45, 2.75) is 39.2 Å². The van der Waals surface area contributed by atoms with Crippen LogP contribution in [0.4, 0.5) is 0 Å². The molecule has 0 unspecified atom stereocenters. The van der Waals surface area contributed by atoms with Crippen LogP contribution in [-0.2, 0) is 12.8 Å². The van der Waals surface area contributed by atoms with Crippen LogP contribution in [0.3, 0.4) is 0 Å². The summed E-state index contributed by atoms with van der Waals surface area (Å²) in [5, 5.41) is 5.16. The second-order valence-electron chi connectivity index (χ2n) is 6.49. The molecule has 1 aliphatic carbocycles. The van der Waals surface area contributed by atoms with Gasteiger partial charge in [0.1, 0.15) is 5.75 Å². The molecule has 5 heteroatoms. The average molecular weight is 321 g/mol. The van der Waals surface area contributed by atoms with E-state index in [1.165, 1.54) is 17.5 Å². The van der Waals surface area contributed by atoms with Crippen molar-refractivity contribution in [3.63, 3.8) is 0 Å². The topological polar surface area (TPSA) is 57.0 Å². The van der Waals surface area contributed by atoms with Gasteiger partial charge in [0.25, 0.3) is 0 Å². The number of benzene rings is 1. The van der Waals surface area contributed by atoms with E-state index >= 15 is 0 Å². The van der Waals surface area contributed by atoms with E-state index in [-0.39, 0.29) is 12.0 Å². The number of rotatable bonds is 3. The van der Waals surface area contributed by atoms with Crippen molar-refractivity contribution in [3.8, 4) is 5.75 Å². The molecule has 1 aliphatic rings. The molecule has 0 fully saturated rings. The van der Waals surface area contributed by atoms with E-state index in [4.69, 9.17) is 4.74 Å². The predicted molar refractivity (Wildman–Crippen MR) is 91.3 cm³/mol. The highest BCUT2D eigenvalue weighted by Gasteiger charge is 2.16. The van der Waals surface area contributed by atoms with Crippen LogP contribution in [0.25, 0.3) is 11.0 Å². The molecule has 0 radical (unpaired) electrons. The van der Waals surface area contributed by atoms with Crippen LogP contribution in [0.5, 0.6) is 5.75 Å². The van der Waals surface area contributed by atoms with Crippen LogP contribution in [-0.4, -0.2) is 20.7 Å². The molecule has 4 rings (SSSR count). The number of aryl methyl sites for hydroxylation is 2. The number of hydrogen-bond acceptors (Lipinski definition) is 4. The van der Waals surface area contributed by atoms with Crippen molar-refractivity contribution in [2.24, 2.45) is 0 Å². The lowest BCUT2D eigenvalue weighted by molar-refractivity contribution is 0.0734. The molecule has 2 aromatic heterocycles. The fourth-order valence-electron chi connectivity index (χ4n) is 3.21. The molecule has 3 aromatic rings. The van der Waals surface area contributed by atoms with Gasteiger partial charge in [-0.2, -0.15) is 5.10 Å². The number of hydrogen-bond donors (Lipinski definition) is 0. The normalized spacial score (nSPS) is 13.5. The van der Waals surface area contributed by atoms with Gasteiger partial charge in [-0.3, -0.25) is 0 Å². The Morgan fingerprint density at radius 3 is 2.83 bits per heavy atom. The second-order valence-corrected chi connectivity index (χ2v) is 6.49. The smallest absolute Gasteiger partial charge is 0.345 e. The molecule has 2 heterocycles. The first-order valence-corrected chi connectivity index (χ1v) is 8.29. The van der Waals surface area contributed by atoms with Gasteiger partial charge < -0.3 is 4.74 Å². The van der Waals surface area contributed by atoms with Crippen LogP contribution in [0, 0.1) is 0 Å². The number of fused-ring (bicyclic) bond motifs is 2. The Morgan fingerprint density at radius 2 is 2.00 bits per heavy atom. The first-order chi connectivity index (χ1) is 11.6. The Kier molecular flexibility index (Phi) is 3.56. The maximum atomic E-state index is 12.4. The fourth-order valence-corrected chi connectivity index (χ4v) is 3.21.